The number of Topliss-reactive ketones (excluding diaryl/α,β-unsaturated/α-hetero) is 1. The molecule has 0 saturated heterocycles. The van der Waals surface area contributed by atoms with Gasteiger partial charge in [-0.25, -0.2) is 4.79 Å². The van der Waals surface area contributed by atoms with E-state index in [2.05, 4.69) is 0 Å². The minimum absolute atomic E-state index is 0.170. The van der Waals surface area contributed by atoms with Gasteiger partial charge in [-0.1, -0.05) is 23.7 Å². The van der Waals surface area contributed by atoms with E-state index in [0.717, 1.165) is 6.26 Å². The second-order valence-corrected chi connectivity index (χ2v) is 3.92. The van der Waals surface area contributed by atoms with E-state index in [4.69, 9.17) is 21.1 Å². The number of halogens is 1. The Morgan fingerprint density at radius 3 is 2.47 bits per heavy atom. The molecule has 0 radical (unpaired) electrons. The van der Waals surface area contributed by atoms with E-state index in [0.29, 0.717) is 6.61 Å². The summed E-state index contributed by atoms with van der Waals surface area (Å²) in [6, 6.07) is 6.50. The third-order valence-electron chi connectivity index (χ3n) is 2.23. The van der Waals surface area contributed by atoms with Crippen molar-refractivity contribution in [3.8, 4) is 0 Å². The lowest BCUT2D eigenvalue weighted by molar-refractivity contribution is -0.138. The van der Waals surface area contributed by atoms with Gasteiger partial charge in [0.2, 0.25) is 5.78 Å². The third-order valence-corrected chi connectivity index (χ3v) is 2.56. The van der Waals surface area contributed by atoms with Crippen molar-refractivity contribution in [3.63, 3.8) is 0 Å². The Morgan fingerprint density at radius 1 is 1.21 bits per heavy atom. The molecule has 0 bridgehead atoms. The number of benzene rings is 1. The molecule has 0 aliphatic rings. The minimum Gasteiger partial charge on any atom is -0.500 e. The zero-order valence-corrected chi connectivity index (χ0v) is 11.6. The van der Waals surface area contributed by atoms with Crippen LogP contribution in [0, 0.1) is 0 Å². The summed E-state index contributed by atoms with van der Waals surface area (Å²) in [5.41, 5.74) is 0.0694. The number of rotatable bonds is 6. The summed E-state index contributed by atoms with van der Waals surface area (Å²) in [5, 5.41) is 0.277. The first kappa shape index (κ1) is 15.2. The Kier molecular flexibility index (Phi) is 6.09. The number of hydrogen-bond acceptors (Lipinski definition) is 4. The van der Waals surface area contributed by atoms with Gasteiger partial charge >= 0.3 is 5.97 Å². The lowest BCUT2D eigenvalue weighted by Crippen LogP contribution is -2.17. The van der Waals surface area contributed by atoms with Gasteiger partial charge in [0.15, 0.2) is 0 Å². The Labute approximate surface area is 117 Å². The highest BCUT2D eigenvalue weighted by atomic mass is 35.5. The first-order valence-electron chi connectivity index (χ1n) is 5.89. The molecule has 0 atom stereocenters. The summed E-state index contributed by atoms with van der Waals surface area (Å²) in [6.07, 6.45) is 1.11. The van der Waals surface area contributed by atoms with Crippen LogP contribution in [-0.2, 0) is 14.3 Å². The van der Waals surface area contributed by atoms with Crippen molar-refractivity contribution in [1.82, 2.24) is 0 Å². The maximum absolute atomic E-state index is 12.3. The highest BCUT2D eigenvalue weighted by Gasteiger charge is 2.23. The maximum atomic E-state index is 12.3. The van der Waals surface area contributed by atoms with Gasteiger partial charge in [-0.2, -0.15) is 0 Å². The highest BCUT2D eigenvalue weighted by molar-refractivity contribution is 6.36. The second kappa shape index (κ2) is 7.59. The molecule has 0 heterocycles. The van der Waals surface area contributed by atoms with E-state index in [1.807, 2.05) is 0 Å². The van der Waals surface area contributed by atoms with Gasteiger partial charge in [0, 0.05) is 5.56 Å². The van der Waals surface area contributed by atoms with E-state index in [1.54, 1.807) is 38.1 Å². The van der Waals surface area contributed by atoms with Crippen molar-refractivity contribution >= 4 is 23.4 Å². The quantitative estimate of drug-likeness (QED) is 0.201. The van der Waals surface area contributed by atoms with Crippen LogP contribution < -0.4 is 0 Å². The van der Waals surface area contributed by atoms with Crippen LogP contribution in [0.25, 0.3) is 0 Å². The SMILES string of the molecule is CCO/C=C(\C(=O)OCC)C(=O)c1ccccc1Cl. The van der Waals surface area contributed by atoms with Crippen LogP contribution in [0.1, 0.15) is 24.2 Å². The van der Waals surface area contributed by atoms with Crippen LogP contribution in [0.2, 0.25) is 5.02 Å². The summed E-state index contributed by atoms with van der Waals surface area (Å²) in [5.74, 6) is -1.24. The van der Waals surface area contributed by atoms with Gasteiger partial charge in [-0.05, 0) is 26.0 Å². The lowest BCUT2D eigenvalue weighted by Gasteiger charge is -2.07. The molecule has 0 amide bonds. The van der Waals surface area contributed by atoms with Crippen LogP contribution in [0.5, 0.6) is 0 Å². The number of ether oxygens (including phenoxy) is 2. The average Bonchev–Trinajstić information content (AvgIpc) is 2.39. The van der Waals surface area contributed by atoms with E-state index in [1.165, 1.54) is 0 Å². The molecule has 0 spiro atoms. The highest BCUT2D eigenvalue weighted by Crippen LogP contribution is 2.19. The normalized spacial score (nSPS) is 11.0. The molecular formula is C14H15ClO4. The fourth-order valence-electron chi connectivity index (χ4n) is 1.36. The summed E-state index contributed by atoms with van der Waals surface area (Å²) in [7, 11) is 0. The molecule has 0 aliphatic heterocycles. The van der Waals surface area contributed by atoms with Gasteiger partial charge in [0.05, 0.1) is 18.2 Å². The molecule has 102 valence electrons. The molecule has 5 heteroatoms. The summed E-state index contributed by atoms with van der Waals surface area (Å²) in [4.78, 5) is 24.0. The molecule has 0 aromatic heterocycles. The first-order valence-corrected chi connectivity index (χ1v) is 6.27. The minimum atomic E-state index is -0.721. The van der Waals surface area contributed by atoms with Crippen LogP contribution in [-0.4, -0.2) is 25.0 Å². The molecular weight excluding hydrogens is 268 g/mol. The van der Waals surface area contributed by atoms with Crippen molar-refractivity contribution in [1.29, 1.82) is 0 Å². The Balaban J connectivity index is 3.08. The van der Waals surface area contributed by atoms with Crippen LogP contribution >= 0.6 is 11.6 Å². The van der Waals surface area contributed by atoms with Crippen molar-refractivity contribution < 1.29 is 19.1 Å². The molecule has 1 aromatic rings. The van der Waals surface area contributed by atoms with E-state index < -0.39 is 11.8 Å². The molecule has 1 aromatic carbocycles. The number of hydrogen-bond donors (Lipinski definition) is 0. The molecule has 0 N–H and O–H groups in total. The van der Waals surface area contributed by atoms with Gasteiger partial charge < -0.3 is 9.47 Å². The summed E-state index contributed by atoms with van der Waals surface area (Å²) < 4.78 is 9.85. The van der Waals surface area contributed by atoms with E-state index in [-0.39, 0.29) is 22.8 Å². The molecule has 0 aliphatic carbocycles. The van der Waals surface area contributed by atoms with Crippen molar-refractivity contribution in [3.05, 3.63) is 46.7 Å². The van der Waals surface area contributed by atoms with Gasteiger partial charge in [0.25, 0.3) is 0 Å². The number of carbonyl (C=O) groups excluding carboxylic acids is 2. The van der Waals surface area contributed by atoms with Crippen molar-refractivity contribution in [2.75, 3.05) is 13.2 Å². The molecule has 4 nitrogen and oxygen atoms in total. The maximum Gasteiger partial charge on any atom is 0.345 e. The first-order chi connectivity index (χ1) is 9.11. The van der Waals surface area contributed by atoms with E-state index in [9.17, 15) is 9.59 Å². The van der Waals surface area contributed by atoms with Crippen LogP contribution in [0.15, 0.2) is 36.1 Å². The molecule has 19 heavy (non-hydrogen) atoms. The van der Waals surface area contributed by atoms with Gasteiger partial charge in [-0.15, -0.1) is 0 Å². The zero-order valence-electron chi connectivity index (χ0n) is 10.8. The van der Waals surface area contributed by atoms with E-state index >= 15 is 0 Å². The van der Waals surface area contributed by atoms with Crippen molar-refractivity contribution in [2.45, 2.75) is 13.8 Å². The molecule has 0 saturated carbocycles. The molecule has 0 fully saturated rings. The lowest BCUT2D eigenvalue weighted by atomic mass is 10.0. The standard InChI is InChI=1S/C14H15ClO4/c1-3-18-9-11(14(17)19-4-2)13(16)10-7-5-6-8-12(10)15/h5-9H,3-4H2,1-2H3/b11-9-. The zero-order chi connectivity index (χ0) is 14.3. The van der Waals surface area contributed by atoms with Gasteiger partial charge in [0.1, 0.15) is 11.8 Å². The Morgan fingerprint density at radius 2 is 1.89 bits per heavy atom. The smallest absolute Gasteiger partial charge is 0.345 e. The topological polar surface area (TPSA) is 52.6 Å². The number of carbonyl (C=O) groups is 2. The largest absolute Gasteiger partial charge is 0.500 e. The summed E-state index contributed by atoms with van der Waals surface area (Å²) in [6.45, 7) is 3.94. The Bertz CT molecular complexity index is 494. The average molecular weight is 283 g/mol. The fourth-order valence-corrected chi connectivity index (χ4v) is 1.58. The van der Waals surface area contributed by atoms with Crippen LogP contribution in [0.3, 0.4) is 0 Å². The van der Waals surface area contributed by atoms with Gasteiger partial charge in [-0.3, -0.25) is 4.79 Å². The number of ketones is 1. The summed E-state index contributed by atoms with van der Waals surface area (Å²) >= 11 is 5.94. The monoisotopic (exact) mass is 282 g/mol. The third kappa shape index (κ3) is 4.10. The predicted octanol–water partition coefficient (Wildman–Crippen LogP) is 3.01. The molecule has 1 rings (SSSR count). The number of esters is 1. The molecule has 0 unspecified atom stereocenters. The van der Waals surface area contributed by atoms with Crippen molar-refractivity contribution in [2.24, 2.45) is 0 Å². The van der Waals surface area contributed by atoms with Crippen LogP contribution in [0.4, 0.5) is 0 Å². The predicted molar refractivity (Wildman–Crippen MR) is 72.1 cm³/mol. The fraction of sp³-hybridized carbons (Fsp3) is 0.286. The second-order valence-electron chi connectivity index (χ2n) is 3.52. The Hall–Kier alpha value is -1.81.